The third-order valence-corrected chi connectivity index (χ3v) is 3.46. The van der Waals surface area contributed by atoms with Gasteiger partial charge in [-0.05, 0) is 30.3 Å². The SMILES string of the molecule is NC(=O)c1cccc(NC(=O)c2cc3cc([N+](=O)[O-])ccc3[nH]2)c1. The molecule has 8 nitrogen and oxygen atoms in total. The van der Waals surface area contributed by atoms with Crippen LogP contribution < -0.4 is 11.1 Å². The van der Waals surface area contributed by atoms with E-state index in [9.17, 15) is 19.7 Å². The number of nitrogens with one attached hydrogen (secondary N) is 2. The van der Waals surface area contributed by atoms with E-state index in [2.05, 4.69) is 10.3 Å². The highest BCUT2D eigenvalue weighted by Gasteiger charge is 2.13. The number of primary amides is 1. The number of benzene rings is 2. The number of hydrogen-bond acceptors (Lipinski definition) is 4. The Morgan fingerprint density at radius 1 is 1.12 bits per heavy atom. The Hall–Kier alpha value is -3.68. The standard InChI is InChI=1S/C16H12N4O4/c17-15(21)9-2-1-3-11(6-9)18-16(22)14-8-10-7-12(20(23)24)4-5-13(10)19-14/h1-8,19H,(H2,17,21)(H,18,22). The maximum absolute atomic E-state index is 12.3. The van der Waals surface area contributed by atoms with E-state index < -0.39 is 16.7 Å². The van der Waals surface area contributed by atoms with Crippen LogP contribution in [0.3, 0.4) is 0 Å². The molecule has 1 heterocycles. The van der Waals surface area contributed by atoms with Crippen LogP contribution >= 0.6 is 0 Å². The highest BCUT2D eigenvalue weighted by Crippen LogP contribution is 2.22. The van der Waals surface area contributed by atoms with Crippen LogP contribution in [0.4, 0.5) is 11.4 Å². The van der Waals surface area contributed by atoms with Gasteiger partial charge in [-0.15, -0.1) is 0 Å². The number of rotatable bonds is 4. The zero-order valence-electron chi connectivity index (χ0n) is 12.3. The van der Waals surface area contributed by atoms with E-state index in [1.54, 1.807) is 18.2 Å². The van der Waals surface area contributed by atoms with Gasteiger partial charge in [-0.3, -0.25) is 19.7 Å². The molecule has 0 aliphatic heterocycles. The highest BCUT2D eigenvalue weighted by atomic mass is 16.6. The van der Waals surface area contributed by atoms with Gasteiger partial charge in [0.1, 0.15) is 5.69 Å². The largest absolute Gasteiger partial charge is 0.366 e. The highest BCUT2D eigenvalue weighted by molar-refractivity contribution is 6.06. The second kappa shape index (κ2) is 5.84. The molecule has 4 N–H and O–H groups in total. The Balaban J connectivity index is 1.87. The van der Waals surface area contributed by atoms with E-state index in [-0.39, 0.29) is 16.9 Å². The first-order valence-electron chi connectivity index (χ1n) is 6.92. The number of carbonyl (C=O) groups is 2. The van der Waals surface area contributed by atoms with E-state index in [1.165, 1.54) is 30.3 Å². The van der Waals surface area contributed by atoms with Gasteiger partial charge in [0.05, 0.1) is 4.92 Å². The molecule has 0 fully saturated rings. The molecular formula is C16H12N4O4. The number of aromatic amines is 1. The molecular weight excluding hydrogens is 312 g/mol. The minimum absolute atomic E-state index is 0.0531. The number of carbonyl (C=O) groups excluding carboxylic acids is 2. The number of amides is 2. The molecule has 0 radical (unpaired) electrons. The summed E-state index contributed by atoms with van der Waals surface area (Å²) in [5.41, 5.74) is 6.70. The van der Waals surface area contributed by atoms with Gasteiger partial charge in [-0.1, -0.05) is 6.07 Å². The fraction of sp³-hybridized carbons (Fsp3) is 0. The lowest BCUT2D eigenvalue weighted by atomic mass is 10.2. The second-order valence-corrected chi connectivity index (χ2v) is 5.11. The molecule has 2 aromatic carbocycles. The van der Waals surface area contributed by atoms with Gasteiger partial charge >= 0.3 is 0 Å². The molecule has 0 spiro atoms. The molecule has 0 saturated carbocycles. The summed E-state index contributed by atoms with van der Waals surface area (Å²) in [6.07, 6.45) is 0. The first kappa shape index (κ1) is 15.2. The van der Waals surface area contributed by atoms with Crippen molar-refractivity contribution in [1.29, 1.82) is 0 Å². The summed E-state index contributed by atoms with van der Waals surface area (Å²) in [5.74, 6) is -1.03. The number of anilines is 1. The zero-order chi connectivity index (χ0) is 17.3. The van der Waals surface area contributed by atoms with Crippen LogP contribution in [0.25, 0.3) is 10.9 Å². The van der Waals surface area contributed by atoms with Crippen molar-refractivity contribution in [2.24, 2.45) is 5.73 Å². The number of nitrogens with zero attached hydrogens (tertiary/aromatic N) is 1. The lowest BCUT2D eigenvalue weighted by molar-refractivity contribution is -0.384. The monoisotopic (exact) mass is 324 g/mol. The Kier molecular flexibility index (Phi) is 3.70. The number of fused-ring (bicyclic) bond motifs is 1. The summed E-state index contributed by atoms with van der Waals surface area (Å²) in [4.78, 5) is 36.6. The molecule has 2 amide bonds. The lowest BCUT2D eigenvalue weighted by Gasteiger charge is -2.04. The average molecular weight is 324 g/mol. The molecule has 0 unspecified atom stereocenters. The first-order valence-corrected chi connectivity index (χ1v) is 6.92. The second-order valence-electron chi connectivity index (χ2n) is 5.11. The number of hydrogen-bond donors (Lipinski definition) is 3. The summed E-state index contributed by atoms with van der Waals surface area (Å²) >= 11 is 0. The fourth-order valence-corrected chi connectivity index (χ4v) is 2.30. The molecule has 0 aliphatic rings. The average Bonchev–Trinajstić information content (AvgIpc) is 2.98. The summed E-state index contributed by atoms with van der Waals surface area (Å²) in [6, 6.07) is 12.0. The minimum Gasteiger partial charge on any atom is -0.366 e. The smallest absolute Gasteiger partial charge is 0.272 e. The third-order valence-electron chi connectivity index (χ3n) is 3.46. The number of nitro benzene ring substituents is 1. The van der Waals surface area contributed by atoms with Crippen LogP contribution in [-0.4, -0.2) is 21.7 Å². The maximum Gasteiger partial charge on any atom is 0.272 e. The van der Waals surface area contributed by atoms with Gasteiger partial charge in [0.15, 0.2) is 0 Å². The van der Waals surface area contributed by atoms with Crippen molar-refractivity contribution in [2.75, 3.05) is 5.32 Å². The van der Waals surface area contributed by atoms with Gasteiger partial charge in [-0.25, -0.2) is 0 Å². The van der Waals surface area contributed by atoms with Crippen molar-refractivity contribution >= 4 is 34.1 Å². The van der Waals surface area contributed by atoms with E-state index in [1.807, 2.05) is 0 Å². The van der Waals surface area contributed by atoms with Gasteiger partial charge in [0.25, 0.3) is 11.6 Å². The van der Waals surface area contributed by atoms with Crippen molar-refractivity contribution < 1.29 is 14.5 Å². The summed E-state index contributed by atoms with van der Waals surface area (Å²) < 4.78 is 0. The molecule has 8 heteroatoms. The van der Waals surface area contributed by atoms with Crippen molar-refractivity contribution in [1.82, 2.24) is 4.98 Å². The minimum atomic E-state index is -0.593. The predicted molar refractivity (Wildman–Crippen MR) is 87.9 cm³/mol. The number of nitrogens with two attached hydrogens (primary N) is 1. The van der Waals surface area contributed by atoms with E-state index in [0.717, 1.165) is 0 Å². The van der Waals surface area contributed by atoms with Crippen molar-refractivity contribution in [2.45, 2.75) is 0 Å². The number of H-pyrrole nitrogens is 1. The zero-order valence-corrected chi connectivity index (χ0v) is 12.3. The first-order chi connectivity index (χ1) is 11.4. The van der Waals surface area contributed by atoms with E-state index in [4.69, 9.17) is 5.73 Å². The van der Waals surface area contributed by atoms with Crippen molar-refractivity contribution in [3.63, 3.8) is 0 Å². The van der Waals surface area contributed by atoms with Crippen LogP contribution in [0.15, 0.2) is 48.5 Å². The lowest BCUT2D eigenvalue weighted by Crippen LogP contribution is -2.14. The van der Waals surface area contributed by atoms with E-state index >= 15 is 0 Å². The molecule has 3 aromatic rings. The Morgan fingerprint density at radius 2 is 1.92 bits per heavy atom. The molecule has 24 heavy (non-hydrogen) atoms. The topological polar surface area (TPSA) is 131 Å². The van der Waals surface area contributed by atoms with E-state index in [0.29, 0.717) is 16.6 Å². The number of aromatic nitrogens is 1. The van der Waals surface area contributed by atoms with Gasteiger partial charge in [0, 0.05) is 34.3 Å². The van der Waals surface area contributed by atoms with Gasteiger partial charge in [-0.2, -0.15) is 0 Å². The molecule has 0 aliphatic carbocycles. The Labute approximate surface area is 135 Å². The fourth-order valence-electron chi connectivity index (χ4n) is 2.30. The Bertz CT molecular complexity index is 977. The molecule has 0 atom stereocenters. The third kappa shape index (κ3) is 2.93. The van der Waals surface area contributed by atoms with Crippen LogP contribution in [0.5, 0.6) is 0 Å². The molecule has 0 bridgehead atoms. The summed E-state index contributed by atoms with van der Waals surface area (Å²) in [5, 5.41) is 14.0. The van der Waals surface area contributed by atoms with Crippen molar-refractivity contribution in [3.05, 3.63) is 69.9 Å². The molecule has 3 rings (SSSR count). The van der Waals surface area contributed by atoms with Gasteiger partial charge in [0.2, 0.25) is 5.91 Å². The van der Waals surface area contributed by atoms with Gasteiger partial charge < -0.3 is 16.0 Å². The van der Waals surface area contributed by atoms with Crippen LogP contribution in [0, 0.1) is 10.1 Å². The van der Waals surface area contributed by atoms with Crippen LogP contribution in [0.1, 0.15) is 20.8 Å². The predicted octanol–water partition coefficient (Wildman–Crippen LogP) is 2.43. The quantitative estimate of drug-likeness (QED) is 0.502. The number of nitro groups is 1. The number of non-ortho nitro benzene ring substituents is 1. The van der Waals surface area contributed by atoms with Crippen molar-refractivity contribution in [3.8, 4) is 0 Å². The summed E-state index contributed by atoms with van der Waals surface area (Å²) in [6.45, 7) is 0. The molecule has 0 saturated heterocycles. The molecule has 1 aromatic heterocycles. The summed E-state index contributed by atoms with van der Waals surface area (Å²) in [7, 11) is 0. The molecule has 120 valence electrons. The maximum atomic E-state index is 12.3. The normalized spacial score (nSPS) is 10.5. The van der Waals surface area contributed by atoms with Crippen LogP contribution in [-0.2, 0) is 0 Å². The Morgan fingerprint density at radius 3 is 2.62 bits per heavy atom. The van der Waals surface area contributed by atoms with Crippen LogP contribution in [0.2, 0.25) is 0 Å².